The Morgan fingerprint density at radius 2 is 1.23 bits per heavy atom. The normalized spacial score (nSPS) is 18.7. The second kappa shape index (κ2) is 5.87. The van der Waals surface area contributed by atoms with E-state index in [1.165, 1.54) is 0 Å². The van der Waals surface area contributed by atoms with Gasteiger partial charge in [0.05, 0.1) is 4.91 Å². The van der Waals surface area contributed by atoms with E-state index in [0.717, 1.165) is 11.8 Å². The van der Waals surface area contributed by atoms with Gasteiger partial charge in [0.15, 0.2) is 11.6 Å². The molecule has 3 aromatic rings. The molecule has 2 aliphatic heterocycles. The molecule has 0 fully saturated rings. The van der Waals surface area contributed by atoms with Gasteiger partial charge >= 0.3 is 0 Å². The molecule has 0 aromatic heterocycles. The van der Waals surface area contributed by atoms with Crippen LogP contribution in [0.2, 0.25) is 0 Å². The highest BCUT2D eigenvalue weighted by Gasteiger charge is 2.41. The molecule has 0 unspecified atom stereocenters. The van der Waals surface area contributed by atoms with Crippen molar-refractivity contribution in [2.24, 2.45) is 0 Å². The average Bonchev–Trinajstić information content (AvgIpc) is 3.28. The van der Waals surface area contributed by atoms with Crippen LogP contribution in [0.1, 0.15) is 52.6 Å². The third-order valence-corrected chi connectivity index (χ3v) is 6.74. The molecule has 5 nitrogen and oxygen atoms in total. The van der Waals surface area contributed by atoms with Crippen molar-refractivity contribution in [3.8, 4) is 0 Å². The Labute approximate surface area is 174 Å². The van der Waals surface area contributed by atoms with Crippen molar-refractivity contribution in [3.05, 3.63) is 105 Å². The first kappa shape index (κ1) is 17.1. The van der Waals surface area contributed by atoms with Gasteiger partial charge < -0.3 is 5.32 Å². The fraction of sp³-hybridized carbons (Fsp3) is 0. The van der Waals surface area contributed by atoms with Crippen LogP contribution in [-0.4, -0.2) is 23.1 Å². The molecule has 0 bridgehead atoms. The first-order valence-corrected chi connectivity index (χ1v) is 10.1. The number of carbonyl (C=O) groups is 4. The highest BCUT2D eigenvalue weighted by Crippen LogP contribution is 2.47. The molecule has 30 heavy (non-hydrogen) atoms. The number of Topliss-reactive ketones (excluding diaryl/α,β-unsaturated/α-hetero) is 2. The van der Waals surface area contributed by atoms with Crippen molar-refractivity contribution in [2.45, 2.75) is 4.90 Å². The summed E-state index contributed by atoms with van der Waals surface area (Å²) >= 11 is 1.16. The Balaban J connectivity index is 1.53. The molecule has 1 N–H and O–H groups in total. The number of hydrogen-bond acceptors (Lipinski definition) is 6. The van der Waals surface area contributed by atoms with Crippen LogP contribution in [0.3, 0.4) is 0 Å². The summed E-state index contributed by atoms with van der Waals surface area (Å²) in [4.78, 5) is 53.2. The minimum absolute atomic E-state index is 0.132. The number of rotatable bonds is 0. The van der Waals surface area contributed by atoms with Gasteiger partial charge in [0, 0.05) is 44.0 Å². The smallest absolute Gasteiger partial charge is 0.212 e. The number of hydrogen-bond donors (Lipinski definition) is 1. The number of fused-ring (bicyclic) bond motifs is 5. The Bertz CT molecular complexity index is 1420. The third-order valence-electron chi connectivity index (χ3n) is 5.59. The summed E-state index contributed by atoms with van der Waals surface area (Å²) in [5, 5.41) is 3.04. The average molecular weight is 409 g/mol. The Kier molecular flexibility index (Phi) is 3.35. The lowest BCUT2D eigenvalue weighted by atomic mass is 9.81. The summed E-state index contributed by atoms with van der Waals surface area (Å²) in [6.07, 6.45) is 0. The summed E-state index contributed by atoms with van der Waals surface area (Å²) in [5.74, 6) is -1.28. The number of para-hydroxylation sites is 1. The summed E-state index contributed by atoms with van der Waals surface area (Å²) in [7, 11) is 0. The van der Waals surface area contributed by atoms with Crippen molar-refractivity contribution in [1.29, 1.82) is 0 Å². The zero-order chi connectivity index (χ0) is 20.6. The van der Waals surface area contributed by atoms with E-state index in [4.69, 9.17) is 0 Å². The maximum absolute atomic E-state index is 13.4. The van der Waals surface area contributed by atoms with Gasteiger partial charge in [-0.1, -0.05) is 48.2 Å². The van der Waals surface area contributed by atoms with Gasteiger partial charge in [-0.3, -0.25) is 19.2 Å². The molecule has 0 atom stereocenters. The number of benzene rings is 3. The second-order valence-electron chi connectivity index (χ2n) is 7.20. The van der Waals surface area contributed by atoms with Crippen LogP contribution in [0.15, 0.2) is 76.2 Å². The summed E-state index contributed by atoms with van der Waals surface area (Å²) < 4.78 is 0. The molecule has 0 spiro atoms. The van der Waals surface area contributed by atoms with Crippen LogP contribution < -0.4 is 5.32 Å². The predicted octanol–water partition coefficient (Wildman–Crippen LogP) is 4.27. The largest absolute Gasteiger partial charge is 0.351 e. The van der Waals surface area contributed by atoms with Crippen molar-refractivity contribution < 1.29 is 19.2 Å². The van der Waals surface area contributed by atoms with Gasteiger partial charge in [0.1, 0.15) is 5.70 Å². The lowest BCUT2D eigenvalue weighted by molar-refractivity contribution is 0.0970. The molecule has 1 aliphatic carbocycles. The maximum atomic E-state index is 13.4. The molecule has 142 valence electrons. The summed E-state index contributed by atoms with van der Waals surface area (Å²) in [6, 6.07) is 17.0. The first-order chi connectivity index (χ1) is 14.6. The van der Waals surface area contributed by atoms with E-state index in [1.54, 1.807) is 54.6 Å². The topological polar surface area (TPSA) is 80.3 Å². The number of anilines is 1. The van der Waals surface area contributed by atoms with E-state index in [0.29, 0.717) is 27.3 Å². The van der Waals surface area contributed by atoms with E-state index in [1.807, 2.05) is 6.07 Å². The molecule has 6 heteroatoms. The Morgan fingerprint density at radius 3 is 1.97 bits per heavy atom. The van der Waals surface area contributed by atoms with E-state index in [2.05, 4.69) is 5.32 Å². The third kappa shape index (κ3) is 2.08. The zero-order valence-corrected chi connectivity index (χ0v) is 16.1. The Morgan fingerprint density at radius 1 is 0.567 bits per heavy atom. The quantitative estimate of drug-likeness (QED) is 0.437. The molecule has 2 heterocycles. The molecule has 0 amide bonds. The van der Waals surface area contributed by atoms with E-state index < -0.39 is 5.78 Å². The monoisotopic (exact) mass is 409 g/mol. The summed E-state index contributed by atoms with van der Waals surface area (Å²) in [6.45, 7) is 0. The van der Waals surface area contributed by atoms with Crippen LogP contribution in [0.4, 0.5) is 5.69 Å². The van der Waals surface area contributed by atoms with Gasteiger partial charge in [-0.25, -0.2) is 0 Å². The van der Waals surface area contributed by atoms with Gasteiger partial charge in [-0.05, 0) is 24.3 Å². The number of nitrogens with one attached hydrogen (secondary N) is 1. The lowest BCUT2D eigenvalue weighted by Crippen LogP contribution is -2.23. The van der Waals surface area contributed by atoms with Gasteiger partial charge in [-0.15, -0.1) is 0 Å². The first-order valence-electron chi connectivity index (χ1n) is 9.29. The van der Waals surface area contributed by atoms with Gasteiger partial charge in [0.25, 0.3) is 0 Å². The van der Waals surface area contributed by atoms with Crippen molar-refractivity contribution in [1.82, 2.24) is 0 Å². The number of thioether (sulfide) groups is 1. The molecule has 0 saturated heterocycles. The molecule has 0 saturated carbocycles. The van der Waals surface area contributed by atoms with Crippen molar-refractivity contribution in [3.63, 3.8) is 0 Å². The van der Waals surface area contributed by atoms with Crippen molar-refractivity contribution in [2.75, 3.05) is 5.32 Å². The minimum atomic E-state index is -0.406. The Hall–Kier alpha value is -3.77. The molecular weight excluding hydrogens is 398 g/mol. The van der Waals surface area contributed by atoms with Crippen LogP contribution in [0, 0.1) is 0 Å². The van der Waals surface area contributed by atoms with Crippen LogP contribution in [-0.2, 0) is 0 Å². The molecule has 0 radical (unpaired) electrons. The van der Waals surface area contributed by atoms with Crippen LogP contribution >= 0.6 is 11.8 Å². The molecule has 3 aromatic carbocycles. The predicted molar refractivity (Wildman–Crippen MR) is 111 cm³/mol. The molecule has 6 rings (SSSR count). The minimum Gasteiger partial charge on any atom is -0.351 e. The number of allylic oxidation sites excluding steroid dienone is 2. The van der Waals surface area contributed by atoms with Crippen LogP contribution in [0.5, 0.6) is 0 Å². The molecule has 3 aliphatic rings. The lowest BCUT2D eigenvalue weighted by Gasteiger charge is -2.19. The maximum Gasteiger partial charge on any atom is 0.212 e. The fourth-order valence-corrected chi connectivity index (χ4v) is 5.28. The zero-order valence-electron chi connectivity index (χ0n) is 15.3. The van der Waals surface area contributed by atoms with Crippen LogP contribution in [0.25, 0.3) is 0 Å². The van der Waals surface area contributed by atoms with Gasteiger partial charge in [0.2, 0.25) is 11.6 Å². The number of ketones is 4. The second-order valence-corrected chi connectivity index (χ2v) is 8.25. The highest BCUT2D eigenvalue weighted by molar-refractivity contribution is 8.04. The van der Waals surface area contributed by atoms with E-state index in [-0.39, 0.29) is 44.6 Å². The van der Waals surface area contributed by atoms with E-state index in [9.17, 15) is 19.2 Å². The van der Waals surface area contributed by atoms with Gasteiger partial charge in [-0.2, -0.15) is 0 Å². The highest BCUT2D eigenvalue weighted by atomic mass is 32.2. The standard InChI is InChI=1S/C24H11NO4S/c26-20-11-5-1-2-6-12(11)21(27)17-14(20)9-10-16-18(17)23(29)24(30-16)19-22(28)13-7-3-4-8-15(13)25-19/h1-10,25H. The van der Waals surface area contributed by atoms with Crippen molar-refractivity contribution >= 4 is 40.6 Å². The van der Waals surface area contributed by atoms with E-state index >= 15 is 0 Å². The molecular formula is C24H11NO4S. The summed E-state index contributed by atoms with van der Waals surface area (Å²) in [5.41, 5.74) is 2.58. The number of carbonyl (C=O) groups excluding carboxylic acids is 4. The fourth-order valence-electron chi connectivity index (χ4n) is 4.19. The SMILES string of the molecule is O=C1C(=C2Sc3ccc4c(c3C2=O)C(=O)c2ccccc2C4=O)Nc2ccccc21.